The number of nitrogens with one attached hydrogen (secondary N) is 1. The maximum absolute atomic E-state index is 13.0. The Morgan fingerprint density at radius 3 is 2.38 bits per heavy atom. The van der Waals surface area contributed by atoms with Gasteiger partial charge in [0.15, 0.2) is 6.61 Å². The van der Waals surface area contributed by atoms with Crippen LogP contribution in [0.4, 0.5) is 14.5 Å². The molecular formula is C27H23F2N3O6S. The van der Waals surface area contributed by atoms with E-state index in [1.54, 1.807) is 24.3 Å². The number of rotatable bonds is 9. The molecule has 0 bridgehead atoms. The molecule has 1 amide bonds. The van der Waals surface area contributed by atoms with Crippen LogP contribution in [0.5, 0.6) is 5.75 Å². The molecule has 0 spiro atoms. The maximum Gasteiger partial charge on any atom is 0.387 e. The number of fused-ring (bicyclic) bond motifs is 1. The molecule has 202 valence electrons. The van der Waals surface area contributed by atoms with Crippen molar-refractivity contribution >= 4 is 38.5 Å². The summed E-state index contributed by atoms with van der Waals surface area (Å²) in [6.07, 6.45) is 0. The molecule has 0 unspecified atom stereocenters. The number of para-hydroxylation sites is 1. The summed E-state index contributed by atoms with van der Waals surface area (Å²) >= 11 is 0. The molecule has 0 saturated heterocycles. The van der Waals surface area contributed by atoms with Crippen LogP contribution >= 0.6 is 0 Å². The van der Waals surface area contributed by atoms with E-state index in [-0.39, 0.29) is 21.9 Å². The van der Waals surface area contributed by atoms with E-state index in [2.05, 4.69) is 15.0 Å². The second-order valence-electron chi connectivity index (χ2n) is 8.41. The maximum atomic E-state index is 13.0. The topological polar surface area (TPSA) is 115 Å². The molecule has 4 aromatic rings. The third kappa shape index (κ3) is 6.54. The number of pyridine rings is 1. The van der Waals surface area contributed by atoms with Gasteiger partial charge in [0.1, 0.15) is 5.75 Å². The number of ether oxygens (including phenoxy) is 2. The van der Waals surface area contributed by atoms with Gasteiger partial charge in [-0.2, -0.15) is 8.78 Å². The number of nitrogens with zero attached hydrogens (tertiary/aromatic N) is 2. The van der Waals surface area contributed by atoms with Crippen LogP contribution in [0.2, 0.25) is 0 Å². The Kier molecular flexibility index (Phi) is 8.17. The lowest BCUT2D eigenvalue weighted by atomic mass is 10.0. The number of carbonyl (C=O) groups excluding carboxylic acids is 2. The number of carbonyl (C=O) groups is 2. The predicted octanol–water partition coefficient (Wildman–Crippen LogP) is 4.55. The molecule has 3 aromatic carbocycles. The molecule has 0 atom stereocenters. The predicted molar refractivity (Wildman–Crippen MR) is 140 cm³/mol. The first-order valence-corrected chi connectivity index (χ1v) is 12.9. The van der Waals surface area contributed by atoms with Gasteiger partial charge in [0.05, 0.1) is 21.7 Å². The fourth-order valence-corrected chi connectivity index (χ4v) is 4.60. The van der Waals surface area contributed by atoms with Crippen molar-refractivity contribution in [2.24, 2.45) is 0 Å². The number of alkyl halides is 2. The van der Waals surface area contributed by atoms with Crippen molar-refractivity contribution in [3.05, 3.63) is 84.4 Å². The Morgan fingerprint density at radius 1 is 0.974 bits per heavy atom. The standard InChI is InChI=1S/C27H23F2N3O6S/c1-32(2)39(35,36)20-7-5-6-18(14-20)30-25(33)16-37-26(34)22-15-24(31-23-9-4-3-8-21(22)23)17-10-12-19(13-11-17)38-27(28)29/h3-15,27H,16H2,1-2H3,(H,30,33). The van der Waals surface area contributed by atoms with Gasteiger partial charge in [-0.25, -0.2) is 22.5 Å². The largest absolute Gasteiger partial charge is 0.452 e. The zero-order chi connectivity index (χ0) is 28.2. The highest BCUT2D eigenvalue weighted by atomic mass is 32.2. The van der Waals surface area contributed by atoms with Gasteiger partial charge < -0.3 is 14.8 Å². The zero-order valence-corrected chi connectivity index (χ0v) is 21.6. The molecule has 39 heavy (non-hydrogen) atoms. The number of halogens is 2. The number of benzene rings is 3. The van der Waals surface area contributed by atoms with E-state index >= 15 is 0 Å². The molecule has 9 nitrogen and oxygen atoms in total. The summed E-state index contributed by atoms with van der Waals surface area (Å²) in [7, 11) is -0.914. The zero-order valence-electron chi connectivity index (χ0n) is 20.8. The fraction of sp³-hybridized carbons (Fsp3) is 0.148. The first-order chi connectivity index (χ1) is 18.5. The molecule has 4 rings (SSSR count). The van der Waals surface area contributed by atoms with E-state index in [0.717, 1.165) is 4.31 Å². The molecule has 1 N–H and O–H groups in total. The number of aromatic nitrogens is 1. The molecule has 12 heteroatoms. The average molecular weight is 556 g/mol. The number of esters is 1. The first kappa shape index (κ1) is 27.6. The van der Waals surface area contributed by atoms with E-state index < -0.39 is 35.1 Å². The molecule has 0 fully saturated rings. The first-order valence-electron chi connectivity index (χ1n) is 11.5. The van der Waals surface area contributed by atoms with E-state index in [0.29, 0.717) is 22.2 Å². The lowest BCUT2D eigenvalue weighted by molar-refractivity contribution is -0.119. The molecule has 0 radical (unpaired) electrons. The van der Waals surface area contributed by atoms with Crippen LogP contribution < -0.4 is 10.1 Å². The minimum absolute atomic E-state index is 0.00752. The van der Waals surface area contributed by atoms with Gasteiger partial charge in [-0.3, -0.25) is 4.79 Å². The van der Waals surface area contributed by atoms with Crippen molar-refractivity contribution in [2.45, 2.75) is 11.5 Å². The summed E-state index contributed by atoms with van der Waals surface area (Å²) < 4.78 is 60.3. The van der Waals surface area contributed by atoms with Crippen LogP contribution in [0.3, 0.4) is 0 Å². The quantitative estimate of drug-likeness (QED) is 0.301. The summed E-state index contributed by atoms with van der Waals surface area (Å²) in [6, 6.07) is 19.8. The number of amides is 1. The van der Waals surface area contributed by atoms with E-state index in [9.17, 15) is 26.8 Å². The van der Waals surface area contributed by atoms with Crippen molar-refractivity contribution < 1.29 is 36.3 Å². The Hall–Kier alpha value is -4.42. The van der Waals surface area contributed by atoms with Crippen LogP contribution in [0.15, 0.2) is 83.8 Å². The smallest absolute Gasteiger partial charge is 0.387 e. The van der Waals surface area contributed by atoms with Gasteiger partial charge in [0.25, 0.3) is 5.91 Å². The summed E-state index contributed by atoms with van der Waals surface area (Å²) in [4.78, 5) is 30.0. The van der Waals surface area contributed by atoms with Gasteiger partial charge in [-0.15, -0.1) is 0 Å². The molecule has 1 heterocycles. The van der Waals surface area contributed by atoms with Crippen molar-refractivity contribution in [1.82, 2.24) is 9.29 Å². The summed E-state index contributed by atoms with van der Waals surface area (Å²) in [5, 5.41) is 3.01. The summed E-state index contributed by atoms with van der Waals surface area (Å²) in [6.45, 7) is -3.59. The number of anilines is 1. The molecule has 0 aliphatic rings. The SMILES string of the molecule is CN(C)S(=O)(=O)c1cccc(NC(=O)COC(=O)c2cc(-c3ccc(OC(F)F)cc3)nc3ccccc23)c1. The minimum atomic E-state index is -3.70. The van der Waals surface area contributed by atoms with Crippen LogP contribution in [0.1, 0.15) is 10.4 Å². The highest BCUT2D eigenvalue weighted by molar-refractivity contribution is 7.89. The van der Waals surface area contributed by atoms with E-state index in [4.69, 9.17) is 4.74 Å². The summed E-state index contributed by atoms with van der Waals surface area (Å²) in [5.74, 6) is -1.48. The van der Waals surface area contributed by atoms with Crippen LogP contribution in [-0.4, -0.2) is 56.9 Å². The number of hydrogen-bond acceptors (Lipinski definition) is 7. The molecule has 1 aromatic heterocycles. The van der Waals surface area contributed by atoms with Crippen molar-refractivity contribution in [2.75, 3.05) is 26.0 Å². The van der Waals surface area contributed by atoms with Crippen molar-refractivity contribution in [1.29, 1.82) is 0 Å². The Balaban J connectivity index is 1.51. The summed E-state index contributed by atoms with van der Waals surface area (Å²) in [5.41, 5.74) is 1.78. The Bertz CT molecular complexity index is 1630. The molecule has 0 aliphatic heterocycles. The fourth-order valence-electron chi connectivity index (χ4n) is 3.65. The van der Waals surface area contributed by atoms with Crippen LogP contribution in [-0.2, 0) is 19.6 Å². The van der Waals surface area contributed by atoms with Gasteiger partial charge >= 0.3 is 12.6 Å². The minimum Gasteiger partial charge on any atom is -0.452 e. The van der Waals surface area contributed by atoms with Gasteiger partial charge in [0.2, 0.25) is 10.0 Å². The van der Waals surface area contributed by atoms with Crippen LogP contribution in [0.25, 0.3) is 22.2 Å². The van der Waals surface area contributed by atoms with Gasteiger partial charge in [-0.1, -0.05) is 24.3 Å². The molecule has 0 saturated carbocycles. The molecule has 0 aliphatic carbocycles. The average Bonchev–Trinajstić information content (AvgIpc) is 2.91. The van der Waals surface area contributed by atoms with Gasteiger partial charge in [-0.05, 0) is 54.6 Å². The third-order valence-corrected chi connectivity index (χ3v) is 7.35. The normalized spacial score (nSPS) is 11.5. The number of hydrogen-bond donors (Lipinski definition) is 1. The highest BCUT2D eigenvalue weighted by Gasteiger charge is 2.19. The molecular weight excluding hydrogens is 532 g/mol. The second kappa shape index (κ2) is 11.5. The lowest BCUT2D eigenvalue weighted by Gasteiger charge is -2.13. The van der Waals surface area contributed by atoms with Gasteiger partial charge in [0, 0.05) is 30.7 Å². The van der Waals surface area contributed by atoms with E-state index in [1.165, 1.54) is 68.7 Å². The third-order valence-electron chi connectivity index (χ3n) is 5.54. The van der Waals surface area contributed by atoms with Crippen molar-refractivity contribution in [3.63, 3.8) is 0 Å². The Morgan fingerprint density at radius 2 is 1.69 bits per heavy atom. The monoisotopic (exact) mass is 555 g/mol. The second-order valence-corrected chi connectivity index (χ2v) is 10.6. The highest BCUT2D eigenvalue weighted by Crippen LogP contribution is 2.27. The Labute approximate surface area is 223 Å². The van der Waals surface area contributed by atoms with E-state index in [1.807, 2.05) is 0 Å². The lowest BCUT2D eigenvalue weighted by Crippen LogP contribution is -2.23. The van der Waals surface area contributed by atoms with Crippen LogP contribution in [0, 0.1) is 0 Å². The number of sulfonamides is 1. The van der Waals surface area contributed by atoms with Crippen molar-refractivity contribution in [3.8, 4) is 17.0 Å².